The molecule has 59 heavy (non-hydrogen) atoms. The Balaban J connectivity index is 1.78. The van der Waals surface area contributed by atoms with Crippen LogP contribution in [0.3, 0.4) is 0 Å². The highest BCUT2D eigenvalue weighted by molar-refractivity contribution is 5.76. The predicted octanol–water partition coefficient (Wildman–Crippen LogP) is 4.58. The molecule has 0 unspecified atom stereocenters. The highest BCUT2D eigenvalue weighted by Gasteiger charge is 2.33. The Hall–Kier alpha value is -4.48. The zero-order valence-electron chi connectivity index (χ0n) is 35.8. The summed E-state index contributed by atoms with van der Waals surface area (Å²) in [5.41, 5.74) is 1.33. The van der Waals surface area contributed by atoms with E-state index >= 15 is 0 Å². The number of ether oxygens (including phenoxy) is 7. The number of carbonyl (C=O) groups is 4. The molecule has 0 aromatic heterocycles. The topological polar surface area (TPSA) is 166 Å². The van der Waals surface area contributed by atoms with E-state index < -0.39 is 41.8 Å². The van der Waals surface area contributed by atoms with Crippen molar-refractivity contribution >= 4 is 24.1 Å². The van der Waals surface area contributed by atoms with Crippen LogP contribution in [0.5, 0.6) is 5.75 Å². The first kappa shape index (κ1) is 48.9. The standard InChI is InChI=1S/C43H66N4O12/c1-7-55-28-29-56-30-31-57-36-18-16-34(17-19-36)14-11-15-37(39(48)53-5)44-20-24-46(41(50)51)25-21-45(38(40(49)54-6)33-59-43(2,3)4)23-27-47(26-22-44)42(52)58-32-35-12-9-8-10-13-35/h8-10,12-13,16-19,37-38H,7,11,14-15,20-33H2,1-6H3,(H,50,51)/t37-,38+/m0/s1. The van der Waals surface area contributed by atoms with E-state index in [1.807, 2.05) is 87.2 Å². The van der Waals surface area contributed by atoms with E-state index in [0.717, 1.165) is 16.9 Å². The van der Waals surface area contributed by atoms with Gasteiger partial charge in [0.25, 0.3) is 0 Å². The van der Waals surface area contributed by atoms with E-state index in [0.29, 0.717) is 52.3 Å². The molecule has 1 fully saturated rings. The van der Waals surface area contributed by atoms with E-state index in [1.165, 1.54) is 19.1 Å². The Morgan fingerprint density at radius 1 is 0.695 bits per heavy atom. The molecule has 0 bridgehead atoms. The Bertz CT molecular complexity index is 1520. The van der Waals surface area contributed by atoms with Gasteiger partial charge < -0.3 is 48.1 Å². The average molecular weight is 831 g/mol. The molecular formula is C43H66N4O12. The van der Waals surface area contributed by atoms with E-state index in [-0.39, 0.29) is 65.6 Å². The fraction of sp³-hybridized carbons (Fsp3) is 0.628. The lowest BCUT2D eigenvalue weighted by molar-refractivity contribution is -0.152. The number of amides is 2. The van der Waals surface area contributed by atoms with Crippen molar-refractivity contribution in [2.75, 3.05) is 106 Å². The van der Waals surface area contributed by atoms with Crippen molar-refractivity contribution in [2.24, 2.45) is 0 Å². The smallest absolute Gasteiger partial charge is 0.410 e. The fourth-order valence-corrected chi connectivity index (χ4v) is 6.46. The van der Waals surface area contributed by atoms with Gasteiger partial charge in [-0.25, -0.2) is 9.59 Å². The van der Waals surface area contributed by atoms with Crippen LogP contribution in [0.2, 0.25) is 0 Å². The van der Waals surface area contributed by atoms with Crippen LogP contribution < -0.4 is 4.74 Å². The van der Waals surface area contributed by atoms with Crippen molar-refractivity contribution in [3.05, 3.63) is 65.7 Å². The molecule has 0 spiro atoms. The molecular weight excluding hydrogens is 764 g/mol. The van der Waals surface area contributed by atoms with Crippen molar-refractivity contribution in [1.29, 1.82) is 0 Å². The first-order valence-electron chi connectivity index (χ1n) is 20.4. The monoisotopic (exact) mass is 830 g/mol. The zero-order chi connectivity index (χ0) is 43.0. The third-order valence-electron chi connectivity index (χ3n) is 9.80. The second-order valence-corrected chi connectivity index (χ2v) is 15.1. The number of rotatable bonds is 20. The van der Waals surface area contributed by atoms with Crippen LogP contribution in [0.25, 0.3) is 0 Å². The fourth-order valence-electron chi connectivity index (χ4n) is 6.46. The molecule has 3 rings (SSSR count). The summed E-state index contributed by atoms with van der Waals surface area (Å²) in [6.07, 6.45) is 0.0466. The molecule has 0 radical (unpaired) electrons. The Kier molecular flexibility index (Phi) is 22.0. The summed E-state index contributed by atoms with van der Waals surface area (Å²) in [6, 6.07) is 15.6. The van der Waals surface area contributed by atoms with Gasteiger partial charge >= 0.3 is 24.1 Å². The molecule has 2 atom stereocenters. The zero-order valence-corrected chi connectivity index (χ0v) is 35.8. The van der Waals surface area contributed by atoms with Gasteiger partial charge in [-0.1, -0.05) is 42.5 Å². The molecule has 16 nitrogen and oxygen atoms in total. The van der Waals surface area contributed by atoms with Crippen LogP contribution >= 0.6 is 0 Å². The summed E-state index contributed by atoms with van der Waals surface area (Å²) in [6.45, 7) is 11.4. The van der Waals surface area contributed by atoms with Gasteiger partial charge in [0.15, 0.2) is 0 Å². The number of carbonyl (C=O) groups excluding carboxylic acids is 3. The lowest BCUT2D eigenvalue weighted by Crippen LogP contribution is -2.55. The minimum absolute atomic E-state index is 0.000605. The van der Waals surface area contributed by atoms with Gasteiger partial charge in [-0.3, -0.25) is 19.4 Å². The van der Waals surface area contributed by atoms with Crippen molar-refractivity contribution in [2.45, 2.75) is 71.2 Å². The lowest BCUT2D eigenvalue weighted by atomic mass is 10.0. The van der Waals surface area contributed by atoms with Gasteiger partial charge in [0.1, 0.15) is 31.0 Å². The number of esters is 2. The maximum atomic E-state index is 13.7. The molecule has 1 N–H and O–H groups in total. The molecule has 0 aliphatic carbocycles. The third kappa shape index (κ3) is 18.5. The molecule has 2 amide bonds. The molecule has 0 saturated carbocycles. The van der Waals surface area contributed by atoms with Crippen LogP contribution in [-0.4, -0.2) is 173 Å². The van der Waals surface area contributed by atoms with Crippen LogP contribution in [-0.2, 0) is 51.0 Å². The highest BCUT2D eigenvalue weighted by atomic mass is 16.6. The number of hydrogen-bond acceptors (Lipinski definition) is 13. The van der Waals surface area contributed by atoms with Crippen molar-refractivity contribution < 1.29 is 57.4 Å². The summed E-state index contributed by atoms with van der Waals surface area (Å²) < 4.78 is 38.8. The third-order valence-corrected chi connectivity index (χ3v) is 9.80. The first-order valence-corrected chi connectivity index (χ1v) is 20.4. The minimum atomic E-state index is -1.13. The van der Waals surface area contributed by atoms with Gasteiger partial charge in [0.05, 0.1) is 46.2 Å². The van der Waals surface area contributed by atoms with Gasteiger partial charge in [-0.05, 0) is 70.2 Å². The molecule has 1 aliphatic rings. The molecule has 330 valence electrons. The normalized spacial score (nSPS) is 16.0. The maximum Gasteiger partial charge on any atom is 0.410 e. The van der Waals surface area contributed by atoms with Crippen LogP contribution in [0, 0.1) is 0 Å². The van der Waals surface area contributed by atoms with Gasteiger partial charge in [-0.2, -0.15) is 0 Å². The summed E-state index contributed by atoms with van der Waals surface area (Å²) in [7, 11) is 2.63. The Morgan fingerprint density at radius 3 is 1.83 bits per heavy atom. The quantitative estimate of drug-likeness (QED) is 0.112. The van der Waals surface area contributed by atoms with Crippen LogP contribution in [0.1, 0.15) is 51.7 Å². The van der Waals surface area contributed by atoms with Crippen molar-refractivity contribution in [1.82, 2.24) is 19.6 Å². The van der Waals surface area contributed by atoms with Gasteiger partial charge in [0, 0.05) is 59.0 Å². The minimum Gasteiger partial charge on any atom is -0.491 e. The Labute approximate surface area is 349 Å². The number of hydrogen-bond donors (Lipinski definition) is 1. The molecule has 16 heteroatoms. The second kappa shape index (κ2) is 26.6. The number of carboxylic acid groups (broad SMARTS) is 1. The van der Waals surface area contributed by atoms with E-state index in [2.05, 4.69) is 0 Å². The molecule has 1 heterocycles. The average Bonchev–Trinajstić information content (AvgIpc) is 3.22. The summed E-state index contributed by atoms with van der Waals surface area (Å²) in [5.74, 6) is -0.256. The lowest BCUT2D eigenvalue weighted by Gasteiger charge is -2.37. The van der Waals surface area contributed by atoms with Crippen molar-refractivity contribution in [3.8, 4) is 5.75 Å². The highest BCUT2D eigenvalue weighted by Crippen LogP contribution is 2.18. The summed E-state index contributed by atoms with van der Waals surface area (Å²) >= 11 is 0. The van der Waals surface area contributed by atoms with Crippen LogP contribution in [0.4, 0.5) is 9.59 Å². The molecule has 1 saturated heterocycles. The molecule has 1 aliphatic heterocycles. The van der Waals surface area contributed by atoms with Gasteiger partial charge in [0.2, 0.25) is 0 Å². The number of nitrogens with zero attached hydrogens (tertiary/aromatic N) is 4. The molecule has 2 aromatic carbocycles. The summed E-state index contributed by atoms with van der Waals surface area (Å²) in [5, 5.41) is 10.3. The molecule has 2 aromatic rings. The second-order valence-electron chi connectivity index (χ2n) is 15.1. The largest absolute Gasteiger partial charge is 0.491 e. The Morgan fingerprint density at radius 2 is 1.25 bits per heavy atom. The first-order chi connectivity index (χ1) is 28.3. The van der Waals surface area contributed by atoms with E-state index in [4.69, 9.17) is 33.2 Å². The number of aryl methyl sites for hydroxylation is 1. The maximum absolute atomic E-state index is 13.7. The van der Waals surface area contributed by atoms with E-state index in [1.54, 1.807) is 9.80 Å². The summed E-state index contributed by atoms with van der Waals surface area (Å²) in [4.78, 5) is 59.4. The predicted molar refractivity (Wildman–Crippen MR) is 220 cm³/mol. The number of benzene rings is 2. The SMILES string of the molecule is CCOCCOCCOc1ccc(CCC[C@@H](C(=O)OC)N2CCN(C(=O)O)CCN([C@H](COC(C)(C)C)C(=O)OC)CCN(C(=O)OCc3ccccc3)CC2)cc1. The van der Waals surface area contributed by atoms with Gasteiger partial charge in [-0.15, -0.1) is 0 Å². The van der Waals surface area contributed by atoms with Crippen LogP contribution in [0.15, 0.2) is 54.6 Å². The van der Waals surface area contributed by atoms with Crippen molar-refractivity contribution in [3.63, 3.8) is 0 Å². The van der Waals surface area contributed by atoms with E-state index in [9.17, 15) is 24.3 Å². The number of methoxy groups -OCH3 is 2.